The number of aromatic nitrogens is 1. The van der Waals surface area contributed by atoms with E-state index in [2.05, 4.69) is 4.57 Å². The molecule has 168 valence electrons. The van der Waals surface area contributed by atoms with Crippen LogP contribution in [0.4, 0.5) is 13.2 Å². The molecule has 2 fully saturated rings. The summed E-state index contributed by atoms with van der Waals surface area (Å²) in [7, 11) is 0. The van der Waals surface area contributed by atoms with Crippen LogP contribution in [0.15, 0.2) is 48.7 Å². The van der Waals surface area contributed by atoms with Crippen molar-refractivity contribution in [3.63, 3.8) is 0 Å². The van der Waals surface area contributed by atoms with Gasteiger partial charge in [0.25, 0.3) is 0 Å². The van der Waals surface area contributed by atoms with Gasteiger partial charge in [0.05, 0.1) is 12.6 Å². The fourth-order valence-electron chi connectivity index (χ4n) is 5.14. The highest BCUT2D eigenvalue weighted by atomic mass is 19.1. The molecule has 1 aliphatic heterocycles. The second kappa shape index (κ2) is 8.62. The molecule has 1 amide bonds. The maximum absolute atomic E-state index is 13.7. The summed E-state index contributed by atoms with van der Waals surface area (Å²) in [5.74, 6) is -1.36. The summed E-state index contributed by atoms with van der Waals surface area (Å²) in [4.78, 5) is 18.7. The lowest BCUT2D eigenvalue weighted by Gasteiger charge is -2.32. The molecule has 7 heteroatoms. The topological polar surface area (TPSA) is 34.5 Å². The van der Waals surface area contributed by atoms with E-state index in [0.717, 1.165) is 49.2 Å². The van der Waals surface area contributed by atoms with Gasteiger partial charge in [0.15, 0.2) is 0 Å². The Morgan fingerprint density at radius 1 is 0.906 bits per heavy atom. The number of hydrogen-bond donors (Lipinski definition) is 0. The molecule has 1 saturated heterocycles. The molecule has 3 aromatic rings. The Kier molecular flexibility index (Phi) is 5.67. The summed E-state index contributed by atoms with van der Waals surface area (Å²) in [6.07, 6.45) is 5.82. The molecule has 4 nitrogen and oxygen atoms in total. The largest absolute Gasteiger partial charge is 0.347 e. The van der Waals surface area contributed by atoms with E-state index in [0.29, 0.717) is 24.5 Å². The first-order valence-corrected chi connectivity index (χ1v) is 11.1. The Bertz CT molecular complexity index is 1120. The van der Waals surface area contributed by atoms with Gasteiger partial charge in [-0.2, -0.15) is 0 Å². The predicted molar refractivity (Wildman–Crippen MR) is 114 cm³/mol. The van der Waals surface area contributed by atoms with Gasteiger partial charge >= 0.3 is 0 Å². The van der Waals surface area contributed by atoms with E-state index in [-0.39, 0.29) is 17.6 Å². The Morgan fingerprint density at radius 2 is 1.66 bits per heavy atom. The lowest BCUT2D eigenvalue weighted by molar-refractivity contribution is -0.183. The van der Waals surface area contributed by atoms with E-state index in [1.165, 1.54) is 23.3 Å². The van der Waals surface area contributed by atoms with Crippen LogP contribution in [0, 0.1) is 29.3 Å². The minimum atomic E-state index is -0.653. The average Bonchev–Trinajstić information content (AvgIpc) is 3.40. The number of hydrogen-bond acceptors (Lipinski definition) is 2. The van der Waals surface area contributed by atoms with E-state index in [9.17, 15) is 18.0 Å². The standard InChI is InChI=1S/C25H25F3N2O2/c26-20-5-6-23-18(11-20)7-9-29(23)15-16-1-3-17(4-2-16)25(31)30-24(8-10-32-30)19-12-21(27)14-22(28)13-19/h5-7,9,11-14,16-17,24H,1-4,8,10,15H2/t16?,17?,24-/m0/s1. The number of hydroxylamine groups is 2. The molecule has 32 heavy (non-hydrogen) atoms. The van der Waals surface area contributed by atoms with Crippen LogP contribution in [0.2, 0.25) is 0 Å². The van der Waals surface area contributed by atoms with Crippen LogP contribution >= 0.6 is 0 Å². The molecule has 0 N–H and O–H groups in total. The molecule has 0 radical (unpaired) electrons. The Morgan fingerprint density at radius 3 is 2.41 bits per heavy atom. The SMILES string of the molecule is O=C(C1CCC(Cn2ccc3cc(F)ccc32)CC1)N1OCC[C@H]1c1cc(F)cc(F)c1. The zero-order valence-electron chi connectivity index (χ0n) is 17.6. The van der Waals surface area contributed by atoms with E-state index in [4.69, 9.17) is 4.84 Å². The second-order valence-corrected chi connectivity index (χ2v) is 8.89. The van der Waals surface area contributed by atoms with Crippen molar-refractivity contribution in [1.82, 2.24) is 9.63 Å². The Hall–Kier alpha value is -2.80. The molecule has 0 unspecified atom stereocenters. The monoisotopic (exact) mass is 442 g/mol. The molecular weight excluding hydrogens is 417 g/mol. The maximum Gasteiger partial charge on any atom is 0.249 e. The highest BCUT2D eigenvalue weighted by Gasteiger charge is 2.37. The number of amides is 1. The van der Waals surface area contributed by atoms with E-state index >= 15 is 0 Å². The van der Waals surface area contributed by atoms with Gasteiger partial charge in [0.1, 0.15) is 17.5 Å². The van der Waals surface area contributed by atoms with Crippen LogP contribution < -0.4 is 0 Å². The summed E-state index contributed by atoms with van der Waals surface area (Å²) in [5, 5.41) is 2.23. The molecule has 2 aliphatic rings. The summed E-state index contributed by atoms with van der Waals surface area (Å²) in [6.45, 7) is 1.19. The molecule has 5 rings (SSSR count). The Labute approximate surface area is 184 Å². The van der Waals surface area contributed by atoms with Gasteiger partial charge < -0.3 is 4.57 Å². The summed E-state index contributed by atoms with van der Waals surface area (Å²) >= 11 is 0. The molecule has 2 aromatic carbocycles. The van der Waals surface area contributed by atoms with Gasteiger partial charge in [0.2, 0.25) is 5.91 Å². The number of rotatable bonds is 4. The smallest absolute Gasteiger partial charge is 0.249 e. The number of nitrogens with zero attached hydrogens (tertiary/aromatic N) is 2. The first-order chi connectivity index (χ1) is 15.5. The number of carbonyl (C=O) groups is 1. The molecule has 1 atom stereocenters. The normalized spacial score (nSPS) is 23.7. The third kappa shape index (κ3) is 4.13. The van der Waals surface area contributed by atoms with Gasteiger partial charge in [-0.3, -0.25) is 9.63 Å². The van der Waals surface area contributed by atoms with Crippen molar-refractivity contribution >= 4 is 16.8 Å². The summed E-state index contributed by atoms with van der Waals surface area (Å²) < 4.78 is 42.9. The third-order valence-corrected chi connectivity index (χ3v) is 6.78. The number of halogens is 3. The lowest BCUT2D eigenvalue weighted by atomic mass is 9.81. The number of fused-ring (bicyclic) bond motifs is 1. The van der Waals surface area contributed by atoms with E-state index in [1.54, 1.807) is 12.1 Å². The Balaban J connectivity index is 1.22. The van der Waals surface area contributed by atoms with Crippen molar-refractivity contribution in [2.75, 3.05) is 6.61 Å². The van der Waals surface area contributed by atoms with Crippen molar-refractivity contribution in [3.05, 3.63) is 71.7 Å². The summed E-state index contributed by atoms with van der Waals surface area (Å²) in [6, 6.07) is 9.66. The zero-order chi connectivity index (χ0) is 22.2. The minimum Gasteiger partial charge on any atom is -0.347 e. The van der Waals surface area contributed by atoms with Crippen molar-refractivity contribution in [1.29, 1.82) is 0 Å². The predicted octanol–water partition coefficient (Wildman–Crippen LogP) is 5.77. The van der Waals surface area contributed by atoms with Crippen molar-refractivity contribution < 1.29 is 22.8 Å². The third-order valence-electron chi connectivity index (χ3n) is 6.78. The van der Waals surface area contributed by atoms with Crippen molar-refractivity contribution in [2.45, 2.75) is 44.7 Å². The highest BCUT2D eigenvalue weighted by molar-refractivity contribution is 5.80. The average molecular weight is 442 g/mol. The second-order valence-electron chi connectivity index (χ2n) is 8.89. The first kappa shape index (κ1) is 21.1. The van der Waals surface area contributed by atoms with E-state index in [1.807, 2.05) is 12.3 Å². The maximum atomic E-state index is 13.7. The molecule has 0 spiro atoms. The van der Waals surface area contributed by atoms with Crippen LogP contribution in [0.5, 0.6) is 0 Å². The van der Waals surface area contributed by atoms with Gasteiger partial charge in [-0.15, -0.1) is 0 Å². The van der Waals surface area contributed by atoms with Crippen LogP contribution in [-0.4, -0.2) is 22.1 Å². The van der Waals surface area contributed by atoms with Crippen molar-refractivity contribution in [2.24, 2.45) is 11.8 Å². The zero-order valence-corrected chi connectivity index (χ0v) is 17.6. The van der Waals surface area contributed by atoms with Crippen LogP contribution in [-0.2, 0) is 16.2 Å². The quantitative estimate of drug-likeness (QED) is 0.514. The van der Waals surface area contributed by atoms with E-state index < -0.39 is 17.7 Å². The van der Waals surface area contributed by atoms with Crippen LogP contribution in [0.3, 0.4) is 0 Å². The van der Waals surface area contributed by atoms with Gasteiger partial charge in [-0.25, -0.2) is 18.2 Å². The molecule has 1 aromatic heterocycles. The minimum absolute atomic E-state index is 0.0995. The molecule has 1 saturated carbocycles. The van der Waals surface area contributed by atoms with Gasteiger partial charge in [0, 0.05) is 42.0 Å². The first-order valence-electron chi connectivity index (χ1n) is 11.1. The van der Waals surface area contributed by atoms with Crippen LogP contribution in [0.25, 0.3) is 10.9 Å². The van der Waals surface area contributed by atoms with Crippen molar-refractivity contribution in [3.8, 4) is 0 Å². The van der Waals surface area contributed by atoms with Crippen LogP contribution in [0.1, 0.15) is 43.7 Å². The van der Waals surface area contributed by atoms with Gasteiger partial charge in [-0.1, -0.05) is 0 Å². The molecule has 2 heterocycles. The fourth-order valence-corrected chi connectivity index (χ4v) is 5.14. The van der Waals surface area contributed by atoms with Gasteiger partial charge in [-0.05, 0) is 73.6 Å². The highest BCUT2D eigenvalue weighted by Crippen LogP contribution is 2.37. The summed E-state index contributed by atoms with van der Waals surface area (Å²) in [5.41, 5.74) is 1.44. The fraction of sp³-hybridized carbons (Fsp3) is 0.400. The molecule has 1 aliphatic carbocycles. The molecule has 0 bridgehead atoms. The number of carbonyl (C=O) groups excluding carboxylic acids is 1. The molecular formula is C25H25F3N2O2. The number of benzene rings is 2. The lowest BCUT2D eigenvalue weighted by Crippen LogP contribution is -2.37.